The van der Waals surface area contributed by atoms with E-state index in [9.17, 15) is 9.59 Å². The molecule has 7 heteroatoms. The molecule has 2 heterocycles. The monoisotopic (exact) mass is 377 g/mol. The number of amides is 1. The molecule has 1 fully saturated rings. The number of rotatable bonds is 5. The van der Waals surface area contributed by atoms with Crippen LogP contribution >= 0.6 is 0 Å². The molecule has 1 saturated carbocycles. The van der Waals surface area contributed by atoms with Gasteiger partial charge in [-0.3, -0.25) is 14.6 Å². The first kappa shape index (κ1) is 18.2. The van der Waals surface area contributed by atoms with E-state index in [1.54, 1.807) is 18.5 Å². The molecule has 1 aromatic carbocycles. The first-order valence-corrected chi connectivity index (χ1v) is 9.67. The molecule has 0 aliphatic heterocycles. The van der Waals surface area contributed by atoms with Crippen LogP contribution in [0.15, 0.2) is 59.8 Å². The van der Waals surface area contributed by atoms with Gasteiger partial charge < -0.3 is 5.32 Å². The van der Waals surface area contributed by atoms with E-state index in [0.29, 0.717) is 5.92 Å². The number of aromatic amines is 1. The van der Waals surface area contributed by atoms with E-state index in [-0.39, 0.29) is 17.6 Å². The van der Waals surface area contributed by atoms with Crippen molar-refractivity contribution in [3.8, 4) is 5.95 Å². The number of benzene rings is 1. The van der Waals surface area contributed by atoms with E-state index in [1.807, 2.05) is 30.3 Å². The van der Waals surface area contributed by atoms with Crippen molar-refractivity contribution in [3.63, 3.8) is 0 Å². The van der Waals surface area contributed by atoms with E-state index in [4.69, 9.17) is 0 Å². The molecule has 2 aromatic heterocycles. The van der Waals surface area contributed by atoms with Crippen molar-refractivity contribution in [2.24, 2.45) is 5.92 Å². The Kier molecular flexibility index (Phi) is 5.32. The van der Waals surface area contributed by atoms with Gasteiger partial charge in [-0.05, 0) is 30.4 Å². The second-order valence-electron chi connectivity index (χ2n) is 7.16. The number of hydrogen-bond donors (Lipinski definition) is 2. The third kappa shape index (κ3) is 3.88. The van der Waals surface area contributed by atoms with Gasteiger partial charge in [-0.2, -0.15) is 5.10 Å². The molecule has 1 unspecified atom stereocenters. The quantitative estimate of drug-likeness (QED) is 0.715. The van der Waals surface area contributed by atoms with Crippen LogP contribution < -0.4 is 10.9 Å². The zero-order chi connectivity index (χ0) is 19.3. The van der Waals surface area contributed by atoms with Crippen molar-refractivity contribution in [2.45, 2.75) is 38.1 Å². The van der Waals surface area contributed by atoms with Crippen molar-refractivity contribution < 1.29 is 4.79 Å². The maximum Gasteiger partial charge on any atom is 0.265 e. The second kappa shape index (κ2) is 8.21. The zero-order valence-corrected chi connectivity index (χ0v) is 15.5. The lowest BCUT2D eigenvalue weighted by Gasteiger charge is -2.31. The summed E-state index contributed by atoms with van der Waals surface area (Å²) in [6, 6.07) is 11.6. The molecule has 4 rings (SSSR count). The zero-order valence-electron chi connectivity index (χ0n) is 15.5. The summed E-state index contributed by atoms with van der Waals surface area (Å²) in [6.07, 6.45) is 10.3. The van der Waals surface area contributed by atoms with Crippen molar-refractivity contribution >= 4 is 5.91 Å². The number of carbonyl (C=O) groups is 1. The minimum atomic E-state index is -0.478. The highest BCUT2D eigenvalue weighted by Gasteiger charge is 2.27. The molecule has 2 N–H and O–H groups in total. The van der Waals surface area contributed by atoms with Gasteiger partial charge in [-0.25, -0.2) is 9.67 Å². The Labute approximate surface area is 162 Å². The van der Waals surface area contributed by atoms with E-state index in [2.05, 4.69) is 20.4 Å². The first-order valence-electron chi connectivity index (χ1n) is 9.67. The van der Waals surface area contributed by atoms with Gasteiger partial charge in [-0.15, -0.1) is 0 Å². The number of carbonyl (C=O) groups excluding carboxylic acids is 1. The third-order valence-electron chi connectivity index (χ3n) is 5.32. The first-order chi connectivity index (χ1) is 13.7. The van der Waals surface area contributed by atoms with Crippen LogP contribution in [-0.2, 0) is 0 Å². The lowest BCUT2D eigenvalue weighted by molar-refractivity contribution is 0.0910. The second-order valence-corrected chi connectivity index (χ2v) is 7.16. The molecule has 3 aromatic rings. The highest BCUT2D eigenvalue weighted by Crippen LogP contribution is 2.34. The van der Waals surface area contributed by atoms with Gasteiger partial charge in [-0.1, -0.05) is 49.6 Å². The predicted molar refractivity (Wildman–Crippen MR) is 105 cm³/mol. The molecule has 0 bridgehead atoms. The van der Waals surface area contributed by atoms with Gasteiger partial charge in [0.25, 0.3) is 11.5 Å². The summed E-state index contributed by atoms with van der Waals surface area (Å²) in [6.45, 7) is 0. The Bertz CT molecular complexity index is 976. The third-order valence-corrected chi connectivity index (χ3v) is 5.32. The van der Waals surface area contributed by atoms with Crippen LogP contribution in [0.3, 0.4) is 0 Å². The van der Waals surface area contributed by atoms with Gasteiger partial charge in [0.05, 0.1) is 6.04 Å². The number of nitrogens with zero attached hydrogens (tertiary/aromatic N) is 3. The van der Waals surface area contributed by atoms with Crippen molar-refractivity contribution in [2.75, 3.05) is 0 Å². The Morgan fingerprint density at radius 3 is 2.61 bits per heavy atom. The fourth-order valence-electron chi connectivity index (χ4n) is 3.88. The minimum absolute atomic E-state index is 0.00708. The van der Waals surface area contributed by atoms with E-state index >= 15 is 0 Å². The molecule has 144 valence electrons. The highest BCUT2D eigenvalue weighted by molar-refractivity contribution is 5.93. The molecule has 7 nitrogen and oxygen atoms in total. The molecule has 0 spiro atoms. The van der Waals surface area contributed by atoms with Crippen LogP contribution in [0.1, 0.15) is 54.1 Å². The predicted octanol–water partition coefficient (Wildman–Crippen LogP) is 3.01. The maximum absolute atomic E-state index is 12.9. The molecule has 1 atom stereocenters. The van der Waals surface area contributed by atoms with Crippen molar-refractivity contribution in [1.82, 2.24) is 25.1 Å². The molecule has 28 heavy (non-hydrogen) atoms. The number of H-pyrrole nitrogens is 1. The van der Waals surface area contributed by atoms with Crippen LogP contribution in [0.2, 0.25) is 0 Å². The summed E-state index contributed by atoms with van der Waals surface area (Å²) < 4.78 is 1.44. The van der Waals surface area contributed by atoms with Crippen molar-refractivity contribution in [3.05, 3.63) is 76.5 Å². The Morgan fingerprint density at radius 1 is 1.14 bits per heavy atom. The number of aromatic nitrogens is 4. The molecule has 1 aliphatic rings. The standard InChI is InChI=1S/C21H23N5O2/c27-19(17-14-22-21(25-20(17)28)26-13-7-12-23-26)24-18(15-8-3-1-4-9-15)16-10-5-2-6-11-16/h1,3-4,7-9,12-14,16,18H,2,5-6,10-11H2,(H,24,27)(H,22,25,28). The molecule has 1 amide bonds. The molecular formula is C21H23N5O2. The number of nitrogens with one attached hydrogen (secondary N) is 2. The van der Waals surface area contributed by atoms with E-state index in [0.717, 1.165) is 18.4 Å². The van der Waals surface area contributed by atoms with E-state index in [1.165, 1.54) is 30.1 Å². The summed E-state index contributed by atoms with van der Waals surface area (Å²) in [5.41, 5.74) is 0.599. The van der Waals surface area contributed by atoms with Crippen LogP contribution in [0.25, 0.3) is 5.95 Å². The van der Waals surface area contributed by atoms with Crippen LogP contribution in [0.5, 0.6) is 0 Å². The molecule has 0 saturated heterocycles. The normalized spacial score (nSPS) is 15.9. The van der Waals surface area contributed by atoms with E-state index < -0.39 is 11.5 Å². The average Bonchev–Trinajstić information content (AvgIpc) is 3.28. The fourth-order valence-corrected chi connectivity index (χ4v) is 3.88. The van der Waals surface area contributed by atoms with Gasteiger partial charge in [0.1, 0.15) is 5.56 Å². The Hall–Kier alpha value is -3.22. The summed E-state index contributed by atoms with van der Waals surface area (Å²) in [5.74, 6) is 0.245. The van der Waals surface area contributed by atoms with Gasteiger partial charge in [0, 0.05) is 18.6 Å². The Balaban J connectivity index is 1.58. The summed E-state index contributed by atoms with van der Waals surface area (Å²) in [4.78, 5) is 32.2. The molecular weight excluding hydrogens is 354 g/mol. The summed E-state index contributed by atoms with van der Waals surface area (Å²) in [7, 11) is 0. The largest absolute Gasteiger partial charge is 0.345 e. The lowest BCUT2D eigenvalue weighted by atomic mass is 9.81. The molecule has 0 radical (unpaired) electrons. The lowest BCUT2D eigenvalue weighted by Crippen LogP contribution is -2.37. The van der Waals surface area contributed by atoms with Gasteiger partial charge >= 0.3 is 0 Å². The SMILES string of the molecule is O=C(NC(c1ccccc1)C1CCCCC1)c1cnc(-n2cccn2)[nH]c1=O. The average molecular weight is 377 g/mol. The smallest absolute Gasteiger partial charge is 0.265 e. The topological polar surface area (TPSA) is 92.7 Å². The molecule has 1 aliphatic carbocycles. The van der Waals surface area contributed by atoms with Crippen LogP contribution in [-0.4, -0.2) is 25.7 Å². The van der Waals surface area contributed by atoms with Crippen LogP contribution in [0.4, 0.5) is 0 Å². The van der Waals surface area contributed by atoms with Gasteiger partial charge in [0.2, 0.25) is 5.95 Å². The highest BCUT2D eigenvalue weighted by atomic mass is 16.2. The fraction of sp³-hybridized carbons (Fsp3) is 0.333. The minimum Gasteiger partial charge on any atom is -0.345 e. The number of hydrogen-bond acceptors (Lipinski definition) is 4. The summed E-state index contributed by atoms with van der Waals surface area (Å²) in [5, 5.41) is 7.13. The Morgan fingerprint density at radius 2 is 1.93 bits per heavy atom. The van der Waals surface area contributed by atoms with Crippen molar-refractivity contribution in [1.29, 1.82) is 0 Å². The summed E-state index contributed by atoms with van der Waals surface area (Å²) >= 11 is 0. The maximum atomic E-state index is 12.9. The van der Waals surface area contributed by atoms with Crippen LogP contribution in [0, 0.1) is 5.92 Å². The van der Waals surface area contributed by atoms with Gasteiger partial charge in [0.15, 0.2) is 0 Å².